The third-order valence-corrected chi connectivity index (χ3v) is 4.34. The molecular formula is C16H21N3O3S. The summed E-state index contributed by atoms with van der Waals surface area (Å²) in [5.41, 5.74) is 0. The number of likely N-dealkylation sites (N-methyl/N-ethyl adjacent to an activating group) is 1. The van der Waals surface area contributed by atoms with E-state index in [1.54, 1.807) is 7.11 Å². The maximum Gasteiger partial charge on any atom is 0.261 e. The first-order valence-corrected chi connectivity index (χ1v) is 8.08. The van der Waals surface area contributed by atoms with E-state index in [0.717, 1.165) is 22.4 Å². The maximum absolute atomic E-state index is 12.1. The van der Waals surface area contributed by atoms with Gasteiger partial charge in [-0.25, -0.2) is 0 Å². The number of nitrogens with one attached hydrogen (secondary N) is 2. The fraction of sp³-hybridized carbons (Fsp3) is 0.375. The van der Waals surface area contributed by atoms with Crippen molar-refractivity contribution in [3.8, 4) is 5.75 Å². The highest BCUT2D eigenvalue weighted by Gasteiger charge is 2.12. The molecule has 1 heterocycles. The highest BCUT2D eigenvalue weighted by Crippen LogP contribution is 2.28. The average Bonchev–Trinajstić information content (AvgIpc) is 2.95. The highest BCUT2D eigenvalue weighted by atomic mass is 32.1. The number of ether oxygens (including phenoxy) is 1. The summed E-state index contributed by atoms with van der Waals surface area (Å²) in [5.74, 6) is 0.322. The first-order chi connectivity index (χ1) is 11.0. The predicted molar refractivity (Wildman–Crippen MR) is 92.3 cm³/mol. The molecule has 1 aromatic carbocycles. The quantitative estimate of drug-likeness (QED) is 0.800. The molecule has 0 bridgehead atoms. The number of carbonyl (C=O) groups excluding carboxylic acids is 2. The van der Waals surface area contributed by atoms with Crippen molar-refractivity contribution in [1.82, 2.24) is 15.5 Å². The van der Waals surface area contributed by atoms with Crippen molar-refractivity contribution in [3.05, 3.63) is 29.1 Å². The third-order valence-electron chi connectivity index (χ3n) is 3.24. The van der Waals surface area contributed by atoms with E-state index in [-0.39, 0.29) is 18.4 Å². The van der Waals surface area contributed by atoms with E-state index < -0.39 is 0 Å². The third kappa shape index (κ3) is 4.94. The molecule has 0 fully saturated rings. The number of hydrogen-bond donors (Lipinski definition) is 2. The van der Waals surface area contributed by atoms with E-state index in [9.17, 15) is 9.59 Å². The number of amides is 2. The van der Waals surface area contributed by atoms with Crippen LogP contribution >= 0.6 is 11.3 Å². The molecule has 124 valence electrons. The van der Waals surface area contributed by atoms with Gasteiger partial charge in [0, 0.05) is 17.8 Å². The van der Waals surface area contributed by atoms with Crippen molar-refractivity contribution in [2.45, 2.75) is 0 Å². The molecule has 2 aromatic rings. The Morgan fingerprint density at radius 1 is 1.22 bits per heavy atom. The van der Waals surface area contributed by atoms with Gasteiger partial charge in [-0.2, -0.15) is 0 Å². The molecule has 0 aliphatic rings. The first kappa shape index (κ1) is 17.2. The average molecular weight is 335 g/mol. The van der Waals surface area contributed by atoms with Crippen LogP contribution in [0, 0.1) is 0 Å². The van der Waals surface area contributed by atoms with Gasteiger partial charge < -0.3 is 20.3 Å². The van der Waals surface area contributed by atoms with Gasteiger partial charge in [0.25, 0.3) is 5.91 Å². The Bertz CT molecular complexity index is 697. The van der Waals surface area contributed by atoms with Crippen LogP contribution in [0.2, 0.25) is 0 Å². The Kier molecular flexibility index (Phi) is 5.95. The summed E-state index contributed by atoms with van der Waals surface area (Å²) in [6.07, 6.45) is 0. The second-order valence-electron chi connectivity index (χ2n) is 5.35. The highest BCUT2D eigenvalue weighted by molar-refractivity contribution is 7.20. The Balaban J connectivity index is 1.89. The predicted octanol–water partition coefficient (Wildman–Crippen LogP) is 1.32. The number of nitrogens with zero attached hydrogens (tertiary/aromatic N) is 1. The van der Waals surface area contributed by atoms with E-state index in [1.807, 2.05) is 43.3 Å². The molecule has 6 nitrogen and oxygen atoms in total. The molecule has 2 amide bonds. The Morgan fingerprint density at radius 2 is 2.00 bits per heavy atom. The van der Waals surface area contributed by atoms with E-state index in [4.69, 9.17) is 4.74 Å². The molecule has 0 saturated carbocycles. The van der Waals surface area contributed by atoms with Crippen molar-refractivity contribution in [3.63, 3.8) is 0 Å². The first-order valence-electron chi connectivity index (χ1n) is 7.27. The van der Waals surface area contributed by atoms with Crippen LogP contribution in [-0.2, 0) is 4.79 Å². The minimum absolute atomic E-state index is 0.0240. The van der Waals surface area contributed by atoms with Crippen LogP contribution in [0.15, 0.2) is 24.3 Å². The van der Waals surface area contributed by atoms with Gasteiger partial charge >= 0.3 is 0 Å². The van der Waals surface area contributed by atoms with Crippen molar-refractivity contribution >= 4 is 33.2 Å². The van der Waals surface area contributed by atoms with Crippen molar-refractivity contribution < 1.29 is 14.3 Å². The van der Waals surface area contributed by atoms with Gasteiger partial charge in [-0.15, -0.1) is 11.3 Å². The second kappa shape index (κ2) is 7.94. The van der Waals surface area contributed by atoms with Crippen molar-refractivity contribution in [1.29, 1.82) is 0 Å². The van der Waals surface area contributed by atoms with Gasteiger partial charge in [-0.05, 0) is 43.7 Å². The molecule has 0 atom stereocenters. The number of rotatable bonds is 7. The molecule has 0 saturated heterocycles. The van der Waals surface area contributed by atoms with Gasteiger partial charge in [0.1, 0.15) is 5.75 Å². The monoisotopic (exact) mass is 335 g/mol. The number of hydrogen-bond acceptors (Lipinski definition) is 5. The zero-order valence-electron chi connectivity index (χ0n) is 13.5. The van der Waals surface area contributed by atoms with Crippen LogP contribution in [-0.4, -0.2) is 57.6 Å². The molecule has 7 heteroatoms. The normalized spacial score (nSPS) is 10.8. The Labute approximate surface area is 139 Å². The molecule has 1 aromatic heterocycles. The molecule has 0 aliphatic heterocycles. The van der Waals surface area contributed by atoms with Crippen molar-refractivity contribution in [2.75, 3.05) is 40.8 Å². The lowest BCUT2D eigenvalue weighted by atomic mass is 10.2. The summed E-state index contributed by atoms with van der Waals surface area (Å²) >= 11 is 1.38. The maximum atomic E-state index is 12.1. The number of fused-ring (bicyclic) bond motifs is 1. The van der Waals surface area contributed by atoms with E-state index in [2.05, 4.69) is 10.6 Å². The molecule has 0 unspecified atom stereocenters. The molecule has 0 spiro atoms. The fourth-order valence-corrected chi connectivity index (χ4v) is 2.99. The van der Waals surface area contributed by atoms with Gasteiger partial charge in [0.2, 0.25) is 5.91 Å². The minimum atomic E-state index is -0.243. The number of methoxy groups -OCH3 is 1. The smallest absolute Gasteiger partial charge is 0.261 e. The van der Waals surface area contributed by atoms with Crippen molar-refractivity contribution in [2.24, 2.45) is 0 Å². The summed E-state index contributed by atoms with van der Waals surface area (Å²) in [5, 5.41) is 6.38. The summed E-state index contributed by atoms with van der Waals surface area (Å²) < 4.78 is 6.15. The zero-order valence-corrected chi connectivity index (χ0v) is 14.3. The van der Waals surface area contributed by atoms with Crippen LogP contribution in [0.25, 0.3) is 10.1 Å². The summed E-state index contributed by atoms with van der Waals surface area (Å²) in [6, 6.07) is 7.48. The molecule has 0 aliphatic carbocycles. The second-order valence-corrected chi connectivity index (χ2v) is 6.43. The summed E-state index contributed by atoms with van der Waals surface area (Å²) in [4.78, 5) is 26.3. The van der Waals surface area contributed by atoms with Gasteiger partial charge in [0.05, 0.1) is 18.5 Å². The van der Waals surface area contributed by atoms with Gasteiger partial charge in [0.15, 0.2) is 0 Å². The Hall–Kier alpha value is -2.12. The van der Waals surface area contributed by atoms with Crippen LogP contribution in [0.3, 0.4) is 0 Å². The summed E-state index contributed by atoms with van der Waals surface area (Å²) in [7, 11) is 5.48. The van der Waals surface area contributed by atoms with E-state index in [0.29, 0.717) is 11.4 Å². The zero-order chi connectivity index (χ0) is 16.8. The van der Waals surface area contributed by atoms with Crippen LogP contribution < -0.4 is 15.4 Å². The van der Waals surface area contributed by atoms with Crippen LogP contribution in [0.5, 0.6) is 5.75 Å². The van der Waals surface area contributed by atoms with Gasteiger partial charge in [-0.1, -0.05) is 0 Å². The largest absolute Gasteiger partial charge is 0.497 e. The fourth-order valence-electron chi connectivity index (χ4n) is 1.98. The lowest BCUT2D eigenvalue weighted by Gasteiger charge is -2.10. The van der Waals surface area contributed by atoms with Crippen LogP contribution in [0.4, 0.5) is 0 Å². The van der Waals surface area contributed by atoms with Gasteiger partial charge in [-0.3, -0.25) is 9.59 Å². The molecule has 2 rings (SSSR count). The number of thiophene rings is 1. The van der Waals surface area contributed by atoms with Crippen LogP contribution in [0.1, 0.15) is 9.67 Å². The van der Waals surface area contributed by atoms with E-state index in [1.165, 1.54) is 11.3 Å². The molecular weight excluding hydrogens is 314 g/mol. The lowest BCUT2D eigenvalue weighted by Crippen LogP contribution is -2.39. The lowest BCUT2D eigenvalue weighted by molar-refractivity contribution is -0.120. The van der Waals surface area contributed by atoms with E-state index >= 15 is 0 Å². The molecule has 23 heavy (non-hydrogen) atoms. The standard InChI is InChI=1S/C16H21N3O3S/c1-19(2)7-6-17-15(20)10-18-16(21)14-8-11-4-5-12(22-3)9-13(11)23-14/h4-5,8-9H,6-7,10H2,1-3H3,(H,17,20)(H,18,21). The topological polar surface area (TPSA) is 70.7 Å². The Morgan fingerprint density at radius 3 is 2.70 bits per heavy atom. The molecule has 2 N–H and O–H groups in total. The SMILES string of the molecule is COc1ccc2cc(C(=O)NCC(=O)NCCN(C)C)sc2c1. The minimum Gasteiger partial charge on any atom is -0.497 e. The number of benzene rings is 1. The summed E-state index contributed by atoms with van der Waals surface area (Å²) in [6.45, 7) is 1.30. The molecule has 0 radical (unpaired) electrons. The number of carbonyl (C=O) groups is 2.